The Labute approximate surface area is 118 Å². The van der Waals surface area contributed by atoms with Crippen molar-refractivity contribution < 1.29 is 9.53 Å². The Bertz CT molecular complexity index is 651. The molecule has 20 heavy (non-hydrogen) atoms. The number of aryl methyl sites for hydroxylation is 2. The van der Waals surface area contributed by atoms with E-state index in [2.05, 4.69) is 5.32 Å². The molecule has 2 aromatic carbocycles. The molecule has 2 aromatic rings. The number of amides is 1. The van der Waals surface area contributed by atoms with Crippen molar-refractivity contribution in [1.82, 2.24) is 0 Å². The molecule has 0 bridgehead atoms. The average molecular weight is 270 g/mol. The fraction of sp³-hybridized carbons (Fsp3) is 0.188. The van der Waals surface area contributed by atoms with Gasteiger partial charge in [-0.25, -0.2) is 0 Å². The predicted molar refractivity (Wildman–Crippen MR) is 81.3 cm³/mol. The summed E-state index contributed by atoms with van der Waals surface area (Å²) in [5, 5.41) is 2.88. The lowest BCUT2D eigenvalue weighted by molar-refractivity contribution is 0.102. The van der Waals surface area contributed by atoms with Gasteiger partial charge in [0.1, 0.15) is 5.75 Å². The van der Waals surface area contributed by atoms with E-state index >= 15 is 0 Å². The van der Waals surface area contributed by atoms with Crippen LogP contribution in [0.5, 0.6) is 5.75 Å². The third-order valence-corrected chi connectivity index (χ3v) is 3.10. The third kappa shape index (κ3) is 2.91. The molecule has 3 N–H and O–H groups in total. The van der Waals surface area contributed by atoms with Gasteiger partial charge in [0.25, 0.3) is 5.91 Å². The summed E-state index contributed by atoms with van der Waals surface area (Å²) in [5.74, 6) is 0.266. The quantitative estimate of drug-likeness (QED) is 0.842. The maximum Gasteiger partial charge on any atom is 0.259 e. The molecule has 4 heteroatoms. The molecule has 0 radical (unpaired) electrons. The highest BCUT2D eigenvalue weighted by atomic mass is 16.5. The number of ether oxygens (including phenoxy) is 1. The zero-order valence-electron chi connectivity index (χ0n) is 11.9. The molecule has 1 amide bonds. The number of nitrogens with two attached hydrogens (primary N) is 1. The Balaban J connectivity index is 2.30. The molecular weight excluding hydrogens is 252 g/mol. The smallest absolute Gasteiger partial charge is 0.259 e. The van der Waals surface area contributed by atoms with Crippen LogP contribution in [0.15, 0.2) is 36.4 Å². The molecule has 0 atom stereocenters. The van der Waals surface area contributed by atoms with Crippen LogP contribution in [-0.4, -0.2) is 13.0 Å². The summed E-state index contributed by atoms with van der Waals surface area (Å²) in [6.07, 6.45) is 0. The van der Waals surface area contributed by atoms with Crippen LogP contribution in [0.2, 0.25) is 0 Å². The Morgan fingerprint density at radius 1 is 1.15 bits per heavy atom. The number of nitrogens with one attached hydrogen (secondary N) is 1. The molecule has 0 aromatic heterocycles. The van der Waals surface area contributed by atoms with E-state index in [1.54, 1.807) is 18.2 Å². The van der Waals surface area contributed by atoms with Gasteiger partial charge < -0.3 is 15.8 Å². The van der Waals surface area contributed by atoms with E-state index < -0.39 is 0 Å². The van der Waals surface area contributed by atoms with Gasteiger partial charge in [0.15, 0.2) is 0 Å². The van der Waals surface area contributed by atoms with Crippen LogP contribution in [0.1, 0.15) is 21.5 Å². The monoisotopic (exact) mass is 270 g/mol. The molecular formula is C16H18N2O2. The van der Waals surface area contributed by atoms with Gasteiger partial charge in [-0.2, -0.15) is 0 Å². The van der Waals surface area contributed by atoms with Crippen LogP contribution in [0, 0.1) is 13.8 Å². The lowest BCUT2D eigenvalue weighted by Gasteiger charge is -2.12. The summed E-state index contributed by atoms with van der Waals surface area (Å²) < 4.78 is 5.19. The standard InChI is InChI=1S/C16H18N2O2/c1-10-4-6-14(11(2)8-10)18-16(19)13-9-12(17)5-7-15(13)20-3/h4-9H,17H2,1-3H3,(H,18,19). The lowest BCUT2D eigenvalue weighted by Crippen LogP contribution is -2.14. The Kier molecular flexibility index (Phi) is 3.94. The topological polar surface area (TPSA) is 64.3 Å². The molecule has 2 rings (SSSR count). The minimum atomic E-state index is -0.235. The molecule has 0 unspecified atom stereocenters. The Morgan fingerprint density at radius 2 is 1.90 bits per heavy atom. The summed E-state index contributed by atoms with van der Waals surface area (Å²) in [5.41, 5.74) is 9.63. The molecule has 4 nitrogen and oxygen atoms in total. The first-order valence-electron chi connectivity index (χ1n) is 6.33. The normalized spacial score (nSPS) is 10.2. The van der Waals surface area contributed by atoms with Gasteiger partial charge in [-0.15, -0.1) is 0 Å². The Hall–Kier alpha value is -2.49. The van der Waals surface area contributed by atoms with Crippen molar-refractivity contribution in [3.8, 4) is 5.75 Å². The van der Waals surface area contributed by atoms with Gasteiger partial charge in [-0.05, 0) is 43.7 Å². The van der Waals surface area contributed by atoms with Crippen LogP contribution in [-0.2, 0) is 0 Å². The van der Waals surface area contributed by atoms with Crippen LogP contribution in [0.4, 0.5) is 11.4 Å². The number of anilines is 2. The van der Waals surface area contributed by atoms with Gasteiger partial charge in [0.2, 0.25) is 0 Å². The van der Waals surface area contributed by atoms with Crippen molar-refractivity contribution in [2.45, 2.75) is 13.8 Å². The van der Waals surface area contributed by atoms with E-state index in [0.717, 1.165) is 16.8 Å². The van der Waals surface area contributed by atoms with Crippen LogP contribution in [0.3, 0.4) is 0 Å². The van der Waals surface area contributed by atoms with Gasteiger partial charge in [0.05, 0.1) is 12.7 Å². The molecule has 0 spiro atoms. The summed E-state index contributed by atoms with van der Waals surface area (Å²) in [4.78, 5) is 12.3. The number of hydrogen-bond acceptors (Lipinski definition) is 3. The molecule has 0 aliphatic carbocycles. The first-order valence-corrected chi connectivity index (χ1v) is 6.33. The van der Waals surface area contributed by atoms with Crippen molar-refractivity contribution in [3.63, 3.8) is 0 Å². The van der Waals surface area contributed by atoms with Gasteiger partial charge in [0, 0.05) is 11.4 Å². The number of nitrogen functional groups attached to an aromatic ring is 1. The molecule has 104 valence electrons. The van der Waals surface area contributed by atoms with Crippen molar-refractivity contribution in [2.24, 2.45) is 0 Å². The summed E-state index contributed by atoms with van der Waals surface area (Å²) >= 11 is 0. The predicted octanol–water partition coefficient (Wildman–Crippen LogP) is 3.15. The highest BCUT2D eigenvalue weighted by Crippen LogP contribution is 2.23. The van der Waals surface area contributed by atoms with E-state index in [1.807, 2.05) is 32.0 Å². The van der Waals surface area contributed by atoms with Crippen LogP contribution < -0.4 is 15.8 Å². The molecule has 0 saturated heterocycles. The van der Waals surface area contributed by atoms with E-state index in [1.165, 1.54) is 7.11 Å². The van der Waals surface area contributed by atoms with Crippen LogP contribution >= 0.6 is 0 Å². The van der Waals surface area contributed by atoms with Gasteiger partial charge in [-0.1, -0.05) is 17.7 Å². The second kappa shape index (κ2) is 5.65. The molecule has 0 fully saturated rings. The van der Waals surface area contributed by atoms with Gasteiger partial charge in [-0.3, -0.25) is 4.79 Å². The molecule has 0 aliphatic heterocycles. The first-order chi connectivity index (χ1) is 9.51. The number of hydrogen-bond donors (Lipinski definition) is 2. The zero-order valence-corrected chi connectivity index (χ0v) is 11.9. The fourth-order valence-electron chi connectivity index (χ4n) is 2.05. The Morgan fingerprint density at radius 3 is 2.55 bits per heavy atom. The summed E-state index contributed by atoms with van der Waals surface area (Å²) in [6.45, 7) is 3.97. The molecule has 0 aliphatic rings. The summed E-state index contributed by atoms with van der Waals surface area (Å²) in [7, 11) is 1.53. The second-order valence-electron chi connectivity index (χ2n) is 4.73. The maximum atomic E-state index is 12.3. The molecule has 0 saturated carbocycles. The van der Waals surface area contributed by atoms with Crippen molar-refractivity contribution in [2.75, 3.05) is 18.2 Å². The number of carbonyl (C=O) groups is 1. The van der Waals surface area contributed by atoms with Crippen molar-refractivity contribution in [3.05, 3.63) is 53.1 Å². The van der Waals surface area contributed by atoms with E-state index in [0.29, 0.717) is 17.0 Å². The number of rotatable bonds is 3. The highest BCUT2D eigenvalue weighted by Gasteiger charge is 2.13. The minimum Gasteiger partial charge on any atom is -0.496 e. The largest absolute Gasteiger partial charge is 0.496 e. The number of carbonyl (C=O) groups excluding carboxylic acids is 1. The zero-order chi connectivity index (χ0) is 14.7. The second-order valence-corrected chi connectivity index (χ2v) is 4.73. The first kappa shape index (κ1) is 13.9. The third-order valence-electron chi connectivity index (χ3n) is 3.10. The summed E-state index contributed by atoms with van der Waals surface area (Å²) in [6, 6.07) is 10.9. The van der Waals surface area contributed by atoms with E-state index in [-0.39, 0.29) is 5.91 Å². The maximum absolute atomic E-state index is 12.3. The number of benzene rings is 2. The average Bonchev–Trinajstić information content (AvgIpc) is 2.41. The van der Waals surface area contributed by atoms with Crippen LogP contribution in [0.25, 0.3) is 0 Å². The SMILES string of the molecule is COc1ccc(N)cc1C(=O)Nc1ccc(C)cc1C. The van der Waals surface area contributed by atoms with Crippen molar-refractivity contribution >= 4 is 17.3 Å². The fourth-order valence-corrected chi connectivity index (χ4v) is 2.05. The molecule has 0 heterocycles. The number of methoxy groups -OCH3 is 1. The van der Waals surface area contributed by atoms with Gasteiger partial charge >= 0.3 is 0 Å². The van der Waals surface area contributed by atoms with E-state index in [4.69, 9.17) is 10.5 Å². The lowest BCUT2D eigenvalue weighted by atomic mass is 10.1. The van der Waals surface area contributed by atoms with Crippen molar-refractivity contribution in [1.29, 1.82) is 0 Å². The van der Waals surface area contributed by atoms with E-state index in [9.17, 15) is 4.79 Å². The highest BCUT2D eigenvalue weighted by molar-refractivity contribution is 6.07. The minimum absolute atomic E-state index is 0.235.